The summed E-state index contributed by atoms with van der Waals surface area (Å²) >= 11 is 0. The third kappa shape index (κ3) is 9.12. The normalized spacial score (nSPS) is 11.5. The Labute approximate surface area is 124 Å². The van der Waals surface area contributed by atoms with Crippen LogP contribution >= 0.6 is 0 Å². The van der Waals surface area contributed by atoms with Gasteiger partial charge in [-0.1, -0.05) is 46.0 Å². The van der Waals surface area contributed by atoms with Crippen LogP contribution in [0.15, 0.2) is 0 Å². The molecule has 0 amide bonds. The van der Waals surface area contributed by atoms with Crippen LogP contribution in [0.1, 0.15) is 39.5 Å². The second kappa shape index (κ2) is 9.97. The lowest BCUT2D eigenvalue weighted by Gasteiger charge is -2.18. The van der Waals surface area contributed by atoms with Gasteiger partial charge in [0.05, 0.1) is 13.2 Å². The van der Waals surface area contributed by atoms with Gasteiger partial charge in [-0.2, -0.15) is 0 Å². The first-order valence-electron chi connectivity index (χ1n) is 7.65. The zero-order chi connectivity index (χ0) is 15.6. The molecule has 0 aromatic carbocycles. The molecular formula is C15H30O4Si. The van der Waals surface area contributed by atoms with Crippen molar-refractivity contribution in [2.45, 2.75) is 65.2 Å². The predicted octanol–water partition coefficient (Wildman–Crippen LogP) is 3.63. The van der Waals surface area contributed by atoms with Crippen LogP contribution < -0.4 is 0 Å². The lowest BCUT2D eigenvalue weighted by Crippen LogP contribution is -2.29. The molecule has 0 N–H and O–H groups in total. The van der Waals surface area contributed by atoms with Gasteiger partial charge in [0.25, 0.3) is 0 Å². The molecule has 118 valence electrons. The highest BCUT2D eigenvalue weighted by Gasteiger charge is 2.29. The van der Waals surface area contributed by atoms with Gasteiger partial charge in [0.15, 0.2) is 5.92 Å². The Morgan fingerprint density at radius 2 is 1.40 bits per heavy atom. The van der Waals surface area contributed by atoms with E-state index in [4.69, 9.17) is 9.47 Å². The Morgan fingerprint density at radius 1 is 0.950 bits per heavy atom. The highest BCUT2D eigenvalue weighted by atomic mass is 28.3. The van der Waals surface area contributed by atoms with Crippen LogP contribution in [0.25, 0.3) is 0 Å². The van der Waals surface area contributed by atoms with Crippen molar-refractivity contribution in [3.63, 3.8) is 0 Å². The summed E-state index contributed by atoms with van der Waals surface area (Å²) in [5.74, 6) is -1.60. The second-order valence-corrected chi connectivity index (χ2v) is 12.0. The monoisotopic (exact) mass is 302 g/mol. The number of ether oxygens (including phenoxy) is 2. The molecule has 5 heteroatoms. The van der Waals surface area contributed by atoms with Gasteiger partial charge in [-0.15, -0.1) is 0 Å². The lowest BCUT2D eigenvalue weighted by molar-refractivity contribution is -0.162. The molecule has 0 saturated carbocycles. The molecule has 0 saturated heterocycles. The highest BCUT2D eigenvalue weighted by Crippen LogP contribution is 2.19. The van der Waals surface area contributed by atoms with Gasteiger partial charge in [-0.3, -0.25) is 9.59 Å². The topological polar surface area (TPSA) is 52.6 Å². The number of hydrogen-bond acceptors (Lipinski definition) is 4. The molecule has 0 atom stereocenters. The first kappa shape index (κ1) is 19.2. The van der Waals surface area contributed by atoms with Gasteiger partial charge >= 0.3 is 11.9 Å². The minimum Gasteiger partial charge on any atom is -0.465 e. The van der Waals surface area contributed by atoms with E-state index in [1.54, 1.807) is 0 Å². The summed E-state index contributed by atoms with van der Waals surface area (Å²) in [5, 5.41) is 0. The van der Waals surface area contributed by atoms with Crippen LogP contribution in [-0.2, 0) is 19.1 Å². The largest absolute Gasteiger partial charge is 0.465 e. The average Bonchev–Trinajstić information content (AvgIpc) is 2.37. The fourth-order valence-corrected chi connectivity index (χ4v) is 3.04. The Morgan fingerprint density at radius 3 is 1.75 bits per heavy atom. The summed E-state index contributed by atoms with van der Waals surface area (Å²) in [4.78, 5) is 23.9. The minimum atomic E-state index is -1.15. The molecule has 0 heterocycles. The number of hydrogen-bond donors (Lipinski definition) is 0. The fourth-order valence-electron chi connectivity index (χ4n) is 1.77. The van der Waals surface area contributed by atoms with Crippen molar-refractivity contribution >= 4 is 20.0 Å². The maximum absolute atomic E-state index is 12.0. The molecule has 0 aliphatic carbocycles. The lowest BCUT2D eigenvalue weighted by atomic mass is 10.0. The maximum atomic E-state index is 12.0. The van der Waals surface area contributed by atoms with E-state index >= 15 is 0 Å². The molecule has 0 rings (SSSR count). The molecule has 20 heavy (non-hydrogen) atoms. The van der Waals surface area contributed by atoms with E-state index in [9.17, 15) is 9.59 Å². The summed E-state index contributed by atoms with van der Waals surface area (Å²) < 4.78 is 10.2. The van der Waals surface area contributed by atoms with Crippen molar-refractivity contribution in [1.82, 2.24) is 0 Å². The molecule has 0 aliphatic heterocycles. The van der Waals surface area contributed by atoms with E-state index in [0.717, 1.165) is 25.3 Å². The smallest absolute Gasteiger partial charge is 0.320 e. The van der Waals surface area contributed by atoms with Crippen LogP contribution in [0.2, 0.25) is 25.7 Å². The van der Waals surface area contributed by atoms with Crippen molar-refractivity contribution in [2.24, 2.45) is 5.92 Å². The van der Waals surface area contributed by atoms with Gasteiger partial charge in [0.1, 0.15) is 0 Å². The standard InChI is InChI=1S/C15H30O4Si/c1-6-10-18-14(16)13(15(17)19-11-7-2)9-8-12-20(3,4)5/h13H,6-12H2,1-5H3. The van der Waals surface area contributed by atoms with E-state index in [1.807, 2.05) is 13.8 Å². The van der Waals surface area contributed by atoms with E-state index in [-0.39, 0.29) is 0 Å². The summed E-state index contributed by atoms with van der Waals surface area (Å²) in [5.41, 5.74) is 0. The summed E-state index contributed by atoms with van der Waals surface area (Å²) in [6.07, 6.45) is 2.94. The number of esters is 2. The third-order valence-corrected chi connectivity index (χ3v) is 4.74. The molecular weight excluding hydrogens is 272 g/mol. The number of rotatable bonds is 10. The van der Waals surface area contributed by atoms with Crippen LogP contribution in [-0.4, -0.2) is 33.2 Å². The molecule has 0 unspecified atom stereocenters. The quantitative estimate of drug-likeness (QED) is 0.351. The molecule has 0 aromatic heterocycles. The summed E-state index contributed by atoms with van der Waals surface area (Å²) in [6.45, 7) is 11.5. The summed E-state index contributed by atoms with van der Waals surface area (Å²) in [6, 6.07) is 1.10. The van der Waals surface area contributed by atoms with Gasteiger partial charge in [0.2, 0.25) is 0 Å². The van der Waals surface area contributed by atoms with E-state index < -0.39 is 25.9 Å². The molecule has 0 aliphatic rings. The Kier molecular flexibility index (Phi) is 9.55. The number of carbonyl (C=O) groups excluding carboxylic acids is 2. The van der Waals surface area contributed by atoms with Gasteiger partial charge in [-0.05, 0) is 19.3 Å². The van der Waals surface area contributed by atoms with E-state index in [2.05, 4.69) is 19.6 Å². The van der Waals surface area contributed by atoms with Crippen molar-refractivity contribution in [1.29, 1.82) is 0 Å². The Balaban J connectivity index is 4.45. The Hall–Kier alpha value is -0.843. The number of carbonyl (C=O) groups is 2. The van der Waals surface area contributed by atoms with E-state index in [0.29, 0.717) is 19.6 Å². The maximum Gasteiger partial charge on any atom is 0.320 e. The van der Waals surface area contributed by atoms with Crippen molar-refractivity contribution in [3.8, 4) is 0 Å². The molecule has 0 bridgehead atoms. The molecule has 0 radical (unpaired) electrons. The van der Waals surface area contributed by atoms with Crippen molar-refractivity contribution in [3.05, 3.63) is 0 Å². The fraction of sp³-hybridized carbons (Fsp3) is 0.867. The molecule has 0 aromatic rings. The minimum absolute atomic E-state index is 0.365. The molecule has 4 nitrogen and oxygen atoms in total. The van der Waals surface area contributed by atoms with Gasteiger partial charge in [-0.25, -0.2) is 0 Å². The van der Waals surface area contributed by atoms with Crippen molar-refractivity contribution < 1.29 is 19.1 Å². The van der Waals surface area contributed by atoms with Crippen LogP contribution in [0, 0.1) is 5.92 Å². The zero-order valence-corrected chi connectivity index (χ0v) is 14.7. The highest BCUT2D eigenvalue weighted by molar-refractivity contribution is 6.76. The second-order valence-electron chi connectivity index (χ2n) is 6.34. The SMILES string of the molecule is CCCOC(=O)C(CCC[Si](C)(C)C)C(=O)OCCC. The zero-order valence-electron chi connectivity index (χ0n) is 13.7. The third-order valence-electron chi connectivity index (χ3n) is 2.89. The average molecular weight is 302 g/mol. The van der Waals surface area contributed by atoms with Gasteiger partial charge < -0.3 is 9.47 Å². The van der Waals surface area contributed by atoms with E-state index in [1.165, 1.54) is 0 Å². The van der Waals surface area contributed by atoms with Crippen LogP contribution in [0.4, 0.5) is 0 Å². The first-order valence-corrected chi connectivity index (χ1v) is 11.4. The van der Waals surface area contributed by atoms with Crippen LogP contribution in [0.3, 0.4) is 0 Å². The summed E-state index contributed by atoms with van der Waals surface area (Å²) in [7, 11) is -1.15. The molecule has 0 spiro atoms. The molecule has 0 fully saturated rings. The van der Waals surface area contributed by atoms with Crippen molar-refractivity contribution in [2.75, 3.05) is 13.2 Å². The first-order chi connectivity index (χ1) is 9.31. The predicted molar refractivity (Wildman–Crippen MR) is 83.4 cm³/mol. The Bertz CT molecular complexity index is 277. The van der Waals surface area contributed by atoms with Crippen LogP contribution in [0.5, 0.6) is 0 Å². The van der Waals surface area contributed by atoms with Gasteiger partial charge in [0, 0.05) is 8.07 Å².